The molecule has 0 bridgehead atoms. The molecule has 0 atom stereocenters. The molecule has 0 radical (unpaired) electrons. The summed E-state index contributed by atoms with van der Waals surface area (Å²) in [5.41, 5.74) is 1.30. The smallest absolute Gasteiger partial charge is 0.257 e. The molecule has 1 heterocycles. The molecular weight excluding hydrogens is 395 g/mol. The van der Waals surface area contributed by atoms with Crippen molar-refractivity contribution in [3.63, 3.8) is 0 Å². The number of ether oxygens (including phenoxy) is 1. The Labute approximate surface area is 170 Å². The van der Waals surface area contributed by atoms with E-state index in [0.717, 1.165) is 5.56 Å². The third-order valence-corrected chi connectivity index (χ3v) is 5.79. The van der Waals surface area contributed by atoms with Crippen molar-refractivity contribution in [2.24, 2.45) is 0 Å². The molecule has 29 heavy (non-hydrogen) atoms. The van der Waals surface area contributed by atoms with Gasteiger partial charge in [0.05, 0.1) is 11.3 Å². The first-order chi connectivity index (χ1) is 13.8. The SMILES string of the molecule is CS(=O)(=O)CCN1CCN(C(=O)c2ccccc2OCc2ccc(F)cc2)CC1. The van der Waals surface area contributed by atoms with Gasteiger partial charge in [-0.3, -0.25) is 9.69 Å². The molecule has 3 rings (SSSR count). The number of nitrogens with zero attached hydrogens (tertiary/aromatic N) is 2. The van der Waals surface area contributed by atoms with E-state index in [1.807, 2.05) is 0 Å². The summed E-state index contributed by atoms with van der Waals surface area (Å²) < 4.78 is 41.5. The summed E-state index contributed by atoms with van der Waals surface area (Å²) in [5.74, 6) is 0.199. The number of hydrogen-bond acceptors (Lipinski definition) is 5. The lowest BCUT2D eigenvalue weighted by atomic mass is 10.1. The number of rotatable bonds is 7. The molecule has 0 N–H and O–H groups in total. The van der Waals surface area contributed by atoms with Gasteiger partial charge in [0.25, 0.3) is 5.91 Å². The summed E-state index contributed by atoms with van der Waals surface area (Å²) in [4.78, 5) is 16.8. The molecule has 1 aliphatic heterocycles. The van der Waals surface area contributed by atoms with Crippen LogP contribution in [0.15, 0.2) is 48.5 Å². The van der Waals surface area contributed by atoms with Crippen LogP contribution in [0.3, 0.4) is 0 Å². The summed E-state index contributed by atoms with van der Waals surface area (Å²) >= 11 is 0. The number of hydrogen-bond donors (Lipinski definition) is 0. The number of benzene rings is 2. The van der Waals surface area contributed by atoms with Crippen molar-refractivity contribution in [1.29, 1.82) is 0 Å². The van der Waals surface area contributed by atoms with Gasteiger partial charge in [-0.15, -0.1) is 0 Å². The first kappa shape index (κ1) is 21.3. The predicted octanol–water partition coefficient (Wildman–Crippen LogP) is 2.21. The maximum absolute atomic E-state index is 13.0. The Kier molecular flexibility index (Phi) is 6.87. The molecule has 1 amide bonds. The van der Waals surface area contributed by atoms with E-state index in [1.54, 1.807) is 41.3 Å². The summed E-state index contributed by atoms with van der Waals surface area (Å²) in [6, 6.07) is 13.1. The zero-order valence-electron chi connectivity index (χ0n) is 16.4. The molecule has 2 aromatic rings. The average Bonchev–Trinajstić information content (AvgIpc) is 2.71. The number of para-hydroxylation sites is 1. The molecule has 156 valence electrons. The van der Waals surface area contributed by atoms with Crippen LogP contribution < -0.4 is 4.74 Å². The van der Waals surface area contributed by atoms with Crippen LogP contribution in [0.1, 0.15) is 15.9 Å². The van der Waals surface area contributed by atoms with Crippen molar-refractivity contribution in [1.82, 2.24) is 9.80 Å². The van der Waals surface area contributed by atoms with E-state index in [4.69, 9.17) is 4.74 Å². The van der Waals surface area contributed by atoms with Crippen molar-refractivity contribution in [2.45, 2.75) is 6.61 Å². The minimum Gasteiger partial charge on any atom is -0.488 e. The standard InChI is InChI=1S/C21H25FN2O4S/c1-29(26,27)15-14-23-10-12-24(13-11-23)21(25)19-4-2-3-5-20(19)28-16-17-6-8-18(22)9-7-17/h2-9H,10-16H2,1H3. The van der Waals surface area contributed by atoms with Gasteiger partial charge in [-0.05, 0) is 29.8 Å². The summed E-state index contributed by atoms with van der Waals surface area (Å²) in [6.07, 6.45) is 1.23. The first-order valence-corrected chi connectivity index (χ1v) is 11.5. The van der Waals surface area contributed by atoms with Gasteiger partial charge in [-0.1, -0.05) is 24.3 Å². The quantitative estimate of drug-likeness (QED) is 0.687. The number of halogens is 1. The number of carbonyl (C=O) groups is 1. The van der Waals surface area contributed by atoms with Gasteiger partial charge in [0.1, 0.15) is 28.0 Å². The highest BCUT2D eigenvalue weighted by Gasteiger charge is 2.24. The molecule has 0 aromatic heterocycles. The highest BCUT2D eigenvalue weighted by atomic mass is 32.2. The third-order valence-electron chi connectivity index (χ3n) is 4.86. The maximum atomic E-state index is 13.0. The van der Waals surface area contributed by atoms with Crippen molar-refractivity contribution in [2.75, 3.05) is 44.7 Å². The number of carbonyl (C=O) groups excluding carboxylic acids is 1. The van der Waals surface area contributed by atoms with Crippen LogP contribution in [0.4, 0.5) is 4.39 Å². The van der Waals surface area contributed by atoms with Gasteiger partial charge in [0.2, 0.25) is 0 Å². The van der Waals surface area contributed by atoms with Gasteiger partial charge in [0, 0.05) is 39.0 Å². The summed E-state index contributed by atoms with van der Waals surface area (Å²) in [6.45, 7) is 3.07. The third kappa shape index (κ3) is 6.27. The van der Waals surface area contributed by atoms with Crippen molar-refractivity contribution < 1.29 is 22.3 Å². The number of sulfone groups is 1. The average molecular weight is 421 g/mol. The van der Waals surface area contributed by atoms with Crippen molar-refractivity contribution >= 4 is 15.7 Å². The van der Waals surface area contributed by atoms with Gasteiger partial charge in [-0.2, -0.15) is 0 Å². The second-order valence-electron chi connectivity index (χ2n) is 7.18. The van der Waals surface area contributed by atoms with Gasteiger partial charge in [0.15, 0.2) is 0 Å². The molecule has 2 aromatic carbocycles. The molecular formula is C21H25FN2O4S. The highest BCUT2D eigenvalue weighted by Crippen LogP contribution is 2.22. The Morgan fingerprint density at radius 2 is 1.69 bits per heavy atom. The fourth-order valence-corrected chi connectivity index (χ4v) is 3.74. The largest absolute Gasteiger partial charge is 0.488 e. The van der Waals surface area contributed by atoms with E-state index in [1.165, 1.54) is 18.4 Å². The second kappa shape index (κ2) is 9.37. The van der Waals surface area contributed by atoms with Crippen LogP contribution in [0, 0.1) is 5.82 Å². The van der Waals surface area contributed by atoms with Crippen molar-refractivity contribution in [3.8, 4) is 5.75 Å². The fourth-order valence-electron chi connectivity index (χ4n) is 3.15. The predicted molar refractivity (Wildman–Crippen MR) is 109 cm³/mol. The maximum Gasteiger partial charge on any atom is 0.257 e. The van der Waals surface area contributed by atoms with Gasteiger partial charge < -0.3 is 9.64 Å². The summed E-state index contributed by atoms with van der Waals surface area (Å²) in [7, 11) is -2.99. The Morgan fingerprint density at radius 3 is 2.34 bits per heavy atom. The number of amides is 1. The molecule has 0 spiro atoms. The Morgan fingerprint density at radius 1 is 1.03 bits per heavy atom. The molecule has 1 aliphatic rings. The monoisotopic (exact) mass is 420 g/mol. The molecule has 1 fully saturated rings. The van der Waals surface area contributed by atoms with Crippen LogP contribution in [-0.2, 0) is 16.4 Å². The highest BCUT2D eigenvalue weighted by molar-refractivity contribution is 7.90. The molecule has 8 heteroatoms. The first-order valence-electron chi connectivity index (χ1n) is 9.47. The zero-order valence-corrected chi connectivity index (χ0v) is 17.2. The molecule has 0 aliphatic carbocycles. The lowest BCUT2D eigenvalue weighted by Gasteiger charge is -2.34. The minimum absolute atomic E-state index is 0.109. The van der Waals surface area contributed by atoms with Crippen LogP contribution >= 0.6 is 0 Å². The Balaban J connectivity index is 1.59. The zero-order chi connectivity index (χ0) is 20.9. The number of piperazine rings is 1. The molecule has 0 unspecified atom stereocenters. The van der Waals surface area contributed by atoms with E-state index < -0.39 is 9.84 Å². The molecule has 0 saturated carbocycles. The second-order valence-corrected chi connectivity index (χ2v) is 9.43. The fraction of sp³-hybridized carbons (Fsp3) is 0.381. The van der Waals surface area contributed by atoms with Gasteiger partial charge >= 0.3 is 0 Å². The van der Waals surface area contributed by atoms with E-state index in [0.29, 0.717) is 44.0 Å². The topological polar surface area (TPSA) is 66.9 Å². The van der Waals surface area contributed by atoms with E-state index in [-0.39, 0.29) is 24.1 Å². The van der Waals surface area contributed by atoms with E-state index in [9.17, 15) is 17.6 Å². The molecule has 1 saturated heterocycles. The Hall–Kier alpha value is -2.45. The van der Waals surface area contributed by atoms with E-state index in [2.05, 4.69) is 4.90 Å². The van der Waals surface area contributed by atoms with Crippen LogP contribution in [0.2, 0.25) is 0 Å². The van der Waals surface area contributed by atoms with Crippen LogP contribution in [0.5, 0.6) is 5.75 Å². The van der Waals surface area contributed by atoms with Crippen molar-refractivity contribution in [3.05, 3.63) is 65.5 Å². The lowest BCUT2D eigenvalue weighted by molar-refractivity contribution is 0.0639. The van der Waals surface area contributed by atoms with Gasteiger partial charge in [-0.25, -0.2) is 12.8 Å². The van der Waals surface area contributed by atoms with Crippen LogP contribution in [0.25, 0.3) is 0 Å². The molecule has 6 nitrogen and oxygen atoms in total. The lowest BCUT2D eigenvalue weighted by Crippen LogP contribution is -2.49. The van der Waals surface area contributed by atoms with E-state index >= 15 is 0 Å². The van der Waals surface area contributed by atoms with Crippen LogP contribution in [-0.4, -0.2) is 68.9 Å². The summed E-state index contributed by atoms with van der Waals surface area (Å²) in [5, 5.41) is 0. The Bertz CT molecular complexity index is 939. The minimum atomic E-state index is -2.99. The normalized spacial score (nSPS) is 15.3.